The SMILES string of the molecule is CCOC(=O)C1(C(=O)OCC)Cc2cnc(-c3ccc(C(F)(F)F)cc3)cc2C1. The second-order valence-corrected chi connectivity index (χ2v) is 6.79. The molecule has 0 saturated carbocycles. The largest absolute Gasteiger partial charge is 0.465 e. The minimum atomic E-state index is -4.41. The maximum absolute atomic E-state index is 12.8. The van der Waals surface area contributed by atoms with Gasteiger partial charge in [0.1, 0.15) is 0 Å². The molecule has 3 rings (SSSR count). The highest BCUT2D eigenvalue weighted by molar-refractivity contribution is 6.01. The van der Waals surface area contributed by atoms with Gasteiger partial charge in [-0.15, -0.1) is 0 Å². The number of carbonyl (C=O) groups excluding carboxylic acids is 2. The normalized spacial score (nSPS) is 14.9. The fraction of sp³-hybridized carbons (Fsp3) is 0.381. The first kappa shape index (κ1) is 20.8. The van der Waals surface area contributed by atoms with Crippen LogP contribution in [-0.2, 0) is 38.1 Å². The standard InChI is InChI=1S/C21H20F3NO4/c1-3-28-18(26)20(19(27)29-4-2)10-14-9-17(25-12-15(14)11-20)13-5-7-16(8-6-13)21(22,23)24/h5-9,12H,3-4,10-11H2,1-2H3. The first-order valence-electron chi connectivity index (χ1n) is 9.21. The molecule has 0 aliphatic heterocycles. The van der Waals surface area contributed by atoms with Crippen molar-refractivity contribution < 1.29 is 32.2 Å². The van der Waals surface area contributed by atoms with Gasteiger partial charge < -0.3 is 9.47 Å². The summed E-state index contributed by atoms with van der Waals surface area (Å²) in [6.07, 6.45) is -2.66. The Bertz CT molecular complexity index is 905. The second kappa shape index (κ2) is 7.85. The van der Waals surface area contributed by atoms with Crippen molar-refractivity contribution in [2.45, 2.75) is 32.9 Å². The van der Waals surface area contributed by atoms with Crippen LogP contribution in [0, 0.1) is 5.41 Å². The monoisotopic (exact) mass is 407 g/mol. The zero-order valence-electron chi connectivity index (χ0n) is 16.0. The predicted octanol–water partition coefficient (Wildman–Crippen LogP) is 3.98. The summed E-state index contributed by atoms with van der Waals surface area (Å²) in [6.45, 7) is 3.57. The molecule has 1 heterocycles. The first-order valence-corrected chi connectivity index (χ1v) is 9.21. The fourth-order valence-corrected chi connectivity index (χ4v) is 3.46. The van der Waals surface area contributed by atoms with Crippen LogP contribution in [0.5, 0.6) is 0 Å². The van der Waals surface area contributed by atoms with Crippen LogP contribution in [0.2, 0.25) is 0 Å². The number of halogens is 3. The Morgan fingerprint density at radius 1 is 1.00 bits per heavy atom. The summed E-state index contributed by atoms with van der Waals surface area (Å²) < 4.78 is 48.5. The molecule has 0 saturated heterocycles. The molecular weight excluding hydrogens is 387 g/mol. The maximum Gasteiger partial charge on any atom is 0.416 e. The van der Waals surface area contributed by atoms with Crippen LogP contribution in [0.15, 0.2) is 36.5 Å². The number of esters is 2. The molecule has 0 unspecified atom stereocenters. The number of hydrogen-bond donors (Lipinski definition) is 0. The number of carbonyl (C=O) groups is 2. The van der Waals surface area contributed by atoms with E-state index in [2.05, 4.69) is 4.98 Å². The summed E-state index contributed by atoms with van der Waals surface area (Å²) in [7, 11) is 0. The quantitative estimate of drug-likeness (QED) is 0.554. The van der Waals surface area contributed by atoms with Gasteiger partial charge in [-0.25, -0.2) is 0 Å². The molecular formula is C21H20F3NO4. The minimum Gasteiger partial charge on any atom is -0.465 e. The van der Waals surface area contributed by atoms with E-state index in [-0.39, 0.29) is 26.1 Å². The van der Waals surface area contributed by atoms with Crippen LogP contribution < -0.4 is 0 Å². The van der Waals surface area contributed by atoms with E-state index in [0.29, 0.717) is 16.8 Å². The topological polar surface area (TPSA) is 65.5 Å². The highest BCUT2D eigenvalue weighted by Gasteiger charge is 2.53. The van der Waals surface area contributed by atoms with E-state index in [9.17, 15) is 22.8 Å². The molecule has 1 aliphatic rings. The van der Waals surface area contributed by atoms with Crippen molar-refractivity contribution in [3.05, 3.63) is 53.2 Å². The van der Waals surface area contributed by atoms with Crippen LogP contribution in [-0.4, -0.2) is 30.1 Å². The average molecular weight is 407 g/mol. The van der Waals surface area contributed by atoms with E-state index in [1.165, 1.54) is 12.1 Å². The Kier molecular flexibility index (Phi) is 5.64. The smallest absolute Gasteiger partial charge is 0.416 e. The zero-order valence-corrected chi connectivity index (χ0v) is 16.0. The number of alkyl halides is 3. The lowest BCUT2D eigenvalue weighted by molar-refractivity contribution is -0.171. The molecule has 1 aromatic heterocycles. The van der Waals surface area contributed by atoms with Crippen molar-refractivity contribution in [3.63, 3.8) is 0 Å². The van der Waals surface area contributed by atoms with Gasteiger partial charge >= 0.3 is 18.1 Å². The lowest BCUT2D eigenvalue weighted by Gasteiger charge is -2.23. The van der Waals surface area contributed by atoms with Gasteiger partial charge in [-0.3, -0.25) is 14.6 Å². The lowest BCUT2D eigenvalue weighted by atomic mass is 9.84. The van der Waals surface area contributed by atoms with Gasteiger partial charge in [-0.1, -0.05) is 12.1 Å². The van der Waals surface area contributed by atoms with Crippen molar-refractivity contribution in [1.29, 1.82) is 0 Å². The molecule has 0 atom stereocenters. The van der Waals surface area contributed by atoms with Gasteiger partial charge in [-0.05, 0) is 49.6 Å². The summed E-state index contributed by atoms with van der Waals surface area (Å²) in [4.78, 5) is 29.5. The molecule has 0 radical (unpaired) electrons. The van der Waals surface area contributed by atoms with Crippen LogP contribution >= 0.6 is 0 Å². The second-order valence-electron chi connectivity index (χ2n) is 6.79. The third-order valence-electron chi connectivity index (χ3n) is 4.91. The van der Waals surface area contributed by atoms with Crippen molar-refractivity contribution in [2.75, 3.05) is 13.2 Å². The molecule has 8 heteroatoms. The average Bonchev–Trinajstić information content (AvgIpc) is 3.08. The Labute approximate surface area is 165 Å². The van der Waals surface area contributed by atoms with Gasteiger partial charge in [0, 0.05) is 18.2 Å². The molecule has 0 bridgehead atoms. The number of rotatable bonds is 5. The van der Waals surface area contributed by atoms with E-state index < -0.39 is 29.1 Å². The molecule has 1 aliphatic carbocycles. The Morgan fingerprint density at radius 3 is 2.07 bits per heavy atom. The number of benzene rings is 1. The van der Waals surface area contributed by atoms with E-state index in [1.807, 2.05) is 0 Å². The summed E-state index contributed by atoms with van der Waals surface area (Å²) in [5.74, 6) is -1.29. The highest BCUT2D eigenvalue weighted by Crippen LogP contribution is 2.40. The Balaban J connectivity index is 1.92. The fourth-order valence-electron chi connectivity index (χ4n) is 3.46. The van der Waals surface area contributed by atoms with Crippen LogP contribution in [0.3, 0.4) is 0 Å². The summed E-state index contributed by atoms with van der Waals surface area (Å²) in [6, 6.07) is 6.36. The molecule has 1 aromatic carbocycles. The molecule has 0 fully saturated rings. The Morgan fingerprint density at radius 2 is 1.55 bits per heavy atom. The molecule has 29 heavy (non-hydrogen) atoms. The molecule has 154 valence electrons. The van der Waals surface area contributed by atoms with Crippen molar-refractivity contribution in [3.8, 4) is 11.3 Å². The zero-order chi connectivity index (χ0) is 21.2. The van der Waals surface area contributed by atoms with Crippen LogP contribution in [0.4, 0.5) is 13.2 Å². The number of aromatic nitrogens is 1. The van der Waals surface area contributed by atoms with Crippen molar-refractivity contribution in [2.24, 2.45) is 5.41 Å². The van der Waals surface area contributed by atoms with Gasteiger partial charge in [-0.2, -0.15) is 13.2 Å². The summed E-state index contributed by atoms with van der Waals surface area (Å²) in [5.41, 5.74) is 0.185. The maximum atomic E-state index is 12.8. The minimum absolute atomic E-state index is 0.0934. The van der Waals surface area contributed by atoms with Crippen LogP contribution in [0.1, 0.15) is 30.5 Å². The molecule has 5 nitrogen and oxygen atoms in total. The summed E-state index contributed by atoms with van der Waals surface area (Å²) >= 11 is 0. The van der Waals surface area contributed by atoms with Crippen LogP contribution in [0.25, 0.3) is 11.3 Å². The van der Waals surface area contributed by atoms with Crippen molar-refractivity contribution >= 4 is 11.9 Å². The molecule has 2 aromatic rings. The number of nitrogens with zero attached hydrogens (tertiary/aromatic N) is 1. The predicted molar refractivity (Wildman–Crippen MR) is 97.8 cm³/mol. The molecule has 0 amide bonds. The van der Waals surface area contributed by atoms with E-state index in [4.69, 9.17) is 9.47 Å². The van der Waals surface area contributed by atoms with Crippen molar-refractivity contribution in [1.82, 2.24) is 4.98 Å². The van der Waals surface area contributed by atoms with E-state index in [1.54, 1.807) is 26.1 Å². The van der Waals surface area contributed by atoms with Gasteiger partial charge in [0.15, 0.2) is 5.41 Å². The third kappa shape index (κ3) is 3.97. The van der Waals surface area contributed by atoms with Gasteiger partial charge in [0.25, 0.3) is 0 Å². The number of hydrogen-bond acceptors (Lipinski definition) is 5. The molecule has 0 N–H and O–H groups in total. The Hall–Kier alpha value is -2.90. The number of pyridine rings is 1. The lowest BCUT2D eigenvalue weighted by Crippen LogP contribution is -2.43. The van der Waals surface area contributed by atoms with E-state index in [0.717, 1.165) is 17.7 Å². The number of fused-ring (bicyclic) bond motifs is 1. The first-order chi connectivity index (χ1) is 13.7. The van der Waals surface area contributed by atoms with E-state index >= 15 is 0 Å². The summed E-state index contributed by atoms with van der Waals surface area (Å²) in [5, 5.41) is 0. The third-order valence-corrected chi connectivity index (χ3v) is 4.91. The molecule has 0 spiro atoms. The van der Waals surface area contributed by atoms with Gasteiger partial charge in [0.2, 0.25) is 0 Å². The number of ether oxygens (including phenoxy) is 2. The highest BCUT2D eigenvalue weighted by atomic mass is 19.4. The van der Waals surface area contributed by atoms with Gasteiger partial charge in [0.05, 0.1) is 24.5 Å².